The minimum Gasteiger partial charge on any atom is -0.497 e. The number of nitrogens with zero attached hydrogens (tertiary/aromatic N) is 3. The lowest BCUT2D eigenvalue weighted by molar-refractivity contribution is 0.391. The van der Waals surface area contributed by atoms with E-state index in [9.17, 15) is 0 Å². The average molecular weight is 265 g/mol. The van der Waals surface area contributed by atoms with Gasteiger partial charge in [0.25, 0.3) is 0 Å². The predicted molar refractivity (Wildman–Crippen MR) is 78.1 cm³/mol. The normalized spacial score (nSPS) is 9.79. The molecule has 106 valence electrons. The standard InChI is InChI=1S/C14H23N3O2/c1-16(2)14(17(3)4)15-10-11-7-8-12(18-5)9-13(11)19-6/h7-9H,10H2,1-6H3. The molecule has 0 aromatic heterocycles. The van der Waals surface area contributed by atoms with Gasteiger partial charge in [0.05, 0.1) is 20.8 Å². The van der Waals surface area contributed by atoms with Crippen LogP contribution in [0.3, 0.4) is 0 Å². The molecule has 0 N–H and O–H groups in total. The van der Waals surface area contributed by atoms with Crippen LogP contribution in [0.15, 0.2) is 23.2 Å². The van der Waals surface area contributed by atoms with Gasteiger partial charge < -0.3 is 19.3 Å². The molecule has 1 rings (SSSR count). The molecule has 0 saturated heterocycles. The number of methoxy groups -OCH3 is 2. The first-order chi connectivity index (χ1) is 8.99. The average Bonchev–Trinajstić information content (AvgIpc) is 2.38. The summed E-state index contributed by atoms with van der Waals surface area (Å²) in [6, 6.07) is 5.76. The number of hydrogen-bond donors (Lipinski definition) is 0. The zero-order chi connectivity index (χ0) is 14.4. The van der Waals surface area contributed by atoms with E-state index in [1.54, 1.807) is 14.2 Å². The van der Waals surface area contributed by atoms with E-state index in [1.807, 2.05) is 56.2 Å². The SMILES string of the molecule is COc1ccc(CN=C(N(C)C)N(C)C)c(OC)c1. The predicted octanol–water partition coefficient (Wildman–Crippen LogP) is 1.68. The molecule has 0 atom stereocenters. The van der Waals surface area contributed by atoms with Crippen molar-refractivity contribution < 1.29 is 9.47 Å². The molecular formula is C14H23N3O2. The first-order valence-electron chi connectivity index (χ1n) is 6.09. The van der Waals surface area contributed by atoms with Crippen LogP contribution >= 0.6 is 0 Å². The van der Waals surface area contributed by atoms with E-state index in [4.69, 9.17) is 9.47 Å². The van der Waals surface area contributed by atoms with E-state index in [0.717, 1.165) is 23.0 Å². The molecule has 0 fully saturated rings. The second kappa shape index (κ2) is 6.87. The lowest BCUT2D eigenvalue weighted by atomic mass is 10.2. The molecule has 0 amide bonds. The highest BCUT2D eigenvalue weighted by atomic mass is 16.5. The number of guanidine groups is 1. The molecule has 5 nitrogen and oxygen atoms in total. The molecule has 5 heteroatoms. The van der Waals surface area contributed by atoms with Crippen molar-refractivity contribution in [3.8, 4) is 11.5 Å². The van der Waals surface area contributed by atoms with Crippen molar-refractivity contribution >= 4 is 5.96 Å². The van der Waals surface area contributed by atoms with Crippen molar-refractivity contribution in [2.24, 2.45) is 4.99 Å². The van der Waals surface area contributed by atoms with Crippen LogP contribution in [-0.2, 0) is 6.54 Å². The molecule has 1 aromatic carbocycles. The summed E-state index contributed by atoms with van der Waals surface area (Å²) in [6.07, 6.45) is 0. The number of hydrogen-bond acceptors (Lipinski definition) is 3. The highest BCUT2D eigenvalue weighted by Gasteiger charge is 2.07. The molecule has 0 heterocycles. The summed E-state index contributed by atoms with van der Waals surface area (Å²) in [4.78, 5) is 8.57. The van der Waals surface area contributed by atoms with Gasteiger partial charge in [0, 0.05) is 39.8 Å². The Hall–Kier alpha value is -1.91. The Labute approximate surface area is 115 Å². The van der Waals surface area contributed by atoms with Gasteiger partial charge in [-0.3, -0.25) is 0 Å². The Morgan fingerprint density at radius 3 is 2.16 bits per heavy atom. The lowest BCUT2D eigenvalue weighted by Gasteiger charge is -2.22. The van der Waals surface area contributed by atoms with Crippen molar-refractivity contribution in [1.29, 1.82) is 0 Å². The molecule has 0 aliphatic carbocycles. The highest BCUT2D eigenvalue weighted by molar-refractivity contribution is 5.79. The zero-order valence-corrected chi connectivity index (χ0v) is 12.6. The minimum absolute atomic E-state index is 0.568. The summed E-state index contributed by atoms with van der Waals surface area (Å²) in [7, 11) is 11.2. The molecule has 19 heavy (non-hydrogen) atoms. The quantitative estimate of drug-likeness (QED) is 0.613. The number of ether oxygens (including phenoxy) is 2. The summed E-state index contributed by atoms with van der Waals surface area (Å²) in [5.74, 6) is 2.49. The van der Waals surface area contributed by atoms with Crippen LogP contribution in [-0.4, -0.2) is 58.2 Å². The van der Waals surface area contributed by atoms with Crippen LogP contribution in [0.25, 0.3) is 0 Å². The van der Waals surface area contributed by atoms with Crippen LogP contribution in [0, 0.1) is 0 Å². The fourth-order valence-corrected chi connectivity index (χ4v) is 1.82. The summed E-state index contributed by atoms with van der Waals surface area (Å²) < 4.78 is 10.5. The van der Waals surface area contributed by atoms with Gasteiger partial charge in [0.15, 0.2) is 5.96 Å². The van der Waals surface area contributed by atoms with Crippen molar-refractivity contribution in [2.45, 2.75) is 6.54 Å². The molecule has 0 saturated carbocycles. The van der Waals surface area contributed by atoms with Crippen LogP contribution in [0.5, 0.6) is 11.5 Å². The lowest BCUT2D eigenvalue weighted by Crippen LogP contribution is -2.35. The Kier molecular flexibility index (Phi) is 5.48. The fourth-order valence-electron chi connectivity index (χ4n) is 1.82. The second-order valence-corrected chi connectivity index (χ2v) is 4.58. The van der Waals surface area contributed by atoms with Crippen LogP contribution in [0.1, 0.15) is 5.56 Å². The maximum absolute atomic E-state index is 5.36. The van der Waals surface area contributed by atoms with Crippen molar-refractivity contribution in [2.75, 3.05) is 42.4 Å². The first kappa shape index (κ1) is 15.1. The Morgan fingerprint density at radius 1 is 1.05 bits per heavy atom. The maximum atomic E-state index is 5.36. The van der Waals surface area contributed by atoms with E-state index in [2.05, 4.69) is 4.99 Å². The molecule has 0 radical (unpaired) electrons. The molecular weight excluding hydrogens is 242 g/mol. The van der Waals surface area contributed by atoms with Gasteiger partial charge in [0.2, 0.25) is 0 Å². The molecule has 0 bridgehead atoms. The van der Waals surface area contributed by atoms with E-state index < -0.39 is 0 Å². The Morgan fingerprint density at radius 2 is 1.68 bits per heavy atom. The third-order valence-electron chi connectivity index (χ3n) is 2.69. The fraction of sp³-hybridized carbons (Fsp3) is 0.500. The third kappa shape index (κ3) is 4.05. The van der Waals surface area contributed by atoms with Gasteiger partial charge in [-0.2, -0.15) is 0 Å². The summed E-state index contributed by atoms with van der Waals surface area (Å²) in [5.41, 5.74) is 1.03. The van der Waals surface area contributed by atoms with Crippen LogP contribution < -0.4 is 9.47 Å². The maximum Gasteiger partial charge on any atom is 0.195 e. The van der Waals surface area contributed by atoms with E-state index in [0.29, 0.717) is 6.54 Å². The van der Waals surface area contributed by atoms with Gasteiger partial charge >= 0.3 is 0 Å². The Balaban J connectivity index is 2.95. The minimum atomic E-state index is 0.568. The van der Waals surface area contributed by atoms with E-state index in [1.165, 1.54) is 0 Å². The molecule has 0 aliphatic heterocycles. The van der Waals surface area contributed by atoms with Crippen LogP contribution in [0.2, 0.25) is 0 Å². The first-order valence-corrected chi connectivity index (χ1v) is 6.09. The molecule has 0 unspecified atom stereocenters. The van der Waals surface area contributed by atoms with Gasteiger partial charge in [0.1, 0.15) is 11.5 Å². The zero-order valence-electron chi connectivity index (χ0n) is 12.6. The highest BCUT2D eigenvalue weighted by Crippen LogP contribution is 2.25. The summed E-state index contributed by atoms with van der Waals surface area (Å²) >= 11 is 0. The number of rotatable bonds is 4. The molecule has 0 spiro atoms. The van der Waals surface area contributed by atoms with Crippen molar-refractivity contribution in [1.82, 2.24) is 9.80 Å². The summed E-state index contributed by atoms with van der Waals surface area (Å²) in [6.45, 7) is 0.568. The molecule has 0 aliphatic rings. The van der Waals surface area contributed by atoms with Crippen LogP contribution in [0.4, 0.5) is 0 Å². The van der Waals surface area contributed by atoms with Gasteiger partial charge in [-0.25, -0.2) is 4.99 Å². The smallest absolute Gasteiger partial charge is 0.195 e. The topological polar surface area (TPSA) is 37.3 Å². The van der Waals surface area contributed by atoms with Gasteiger partial charge in [-0.15, -0.1) is 0 Å². The largest absolute Gasteiger partial charge is 0.497 e. The van der Waals surface area contributed by atoms with E-state index in [-0.39, 0.29) is 0 Å². The van der Waals surface area contributed by atoms with Crippen molar-refractivity contribution in [3.05, 3.63) is 23.8 Å². The van der Waals surface area contributed by atoms with Crippen molar-refractivity contribution in [3.63, 3.8) is 0 Å². The molecule has 1 aromatic rings. The second-order valence-electron chi connectivity index (χ2n) is 4.58. The van der Waals surface area contributed by atoms with Gasteiger partial charge in [-0.05, 0) is 12.1 Å². The van der Waals surface area contributed by atoms with E-state index >= 15 is 0 Å². The Bertz CT molecular complexity index is 432. The third-order valence-corrected chi connectivity index (χ3v) is 2.69. The summed E-state index contributed by atoms with van der Waals surface area (Å²) in [5, 5.41) is 0. The van der Waals surface area contributed by atoms with Gasteiger partial charge in [-0.1, -0.05) is 0 Å². The number of aliphatic imine (C=N–C) groups is 1. The monoisotopic (exact) mass is 265 g/mol. The number of benzene rings is 1.